The largest absolute Gasteiger partial charge is 0.344 e. The van der Waals surface area contributed by atoms with E-state index in [1.165, 1.54) is 0 Å². The lowest BCUT2D eigenvalue weighted by atomic mass is 10.0. The number of carbonyl (C=O) groups excluding carboxylic acids is 2. The van der Waals surface area contributed by atoms with Gasteiger partial charge in [-0.3, -0.25) is 19.0 Å². The van der Waals surface area contributed by atoms with E-state index in [4.69, 9.17) is 0 Å². The SMILES string of the molecule is Cc1ccc2ncc(C(=O)N[C@@H]3CCc4cc(C(=O)Nc5cccnc5)ccc43)n2c1. The van der Waals surface area contributed by atoms with E-state index in [9.17, 15) is 9.59 Å². The number of imidazole rings is 1. The number of carbonyl (C=O) groups is 2. The monoisotopic (exact) mass is 411 g/mol. The minimum absolute atomic E-state index is 0.0895. The van der Waals surface area contributed by atoms with Crippen molar-refractivity contribution < 1.29 is 9.59 Å². The Kier molecular flexibility index (Phi) is 4.71. The maximum absolute atomic E-state index is 12.9. The van der Waals surface area contributed by atoms with Gasteiger partial charge in [0.1, 0.15) is 11.3 Å². The van der Waals surface area contributed by atoms with Gasteiger partial charge in [0.15, 0.2) is 0 Å². The van der Waals surface area contributed by atoms with Crippen LogP contribution in [-0.2, 0) is 6.42 Å². The highest BCUT2D eigenvalue weighted by Gasteiger charge is 2.26. The fourth-order valence-electron chi connectivity index (χ4n) is 4.04. The molecule has 0 unspecified atom stereocenters. The summed E-state index contributed by atoms with van der Waals surface area (Å²) in [5.74, 6) is -0.335. The van der Waals surface area contributed by atoms with Crippen LogP contribution in [0, 0.1) is 6.92 Å². The molecule has 0 spiro atoms. The number of pyridine rings is 2. The molecular weight excluding hydrogens is 390 g/mol. The maximum Gasteiger partial charge on any atom is 0.270 e. The Hall–Kier alpha value is -4.00. The Bertz CT molecular complexity index is 1300. The van der Waals surface area contributed by atoms with Crippen LogP contribution in [0.2, 0.25) is 0 Å². The van der Waals surface area contributed by atoms with Crippen molar-refractivity contribution in [2.24, 2.45) is 0 Å². The van der Waals surface area contributed by atoms with Gasteiger partial charge in [-0.1, -0.05) is 12.1 Å². The van der Waals surface area contributed by atoms with Crippen LogP contribution in [0.15, 0.2) is 67.3 Å². The summed E-state index contributed by atoms with van der Waals surface area (Å²) in [6, 6.07) is 13.0. The standard InChI is InChI=1S/C24H21N5O2/c1-15-4-9-22-26-13-21(29(22)14-15)24(31)28-20-8-6-16-11-17(5-7-19(16)20)23(30)27-18-3-2-10-25-12-18/h2-5,7,9-14,20H,6,8H2,1H3,(H,27,30)(H,28,31)/t20-/m1/s1. The van der Waals surface area contributed by atoms with Crippen LogP contribution in [0.1, 0.15) is 50.0 Å². The predicted octanol–water partition coefficient (Wildman–Crippen LogP) is 3.71. The smallest absolute Gasteiger partial charge is 0.270 e. The van der Waals surface area contributed by atoms with Gasteiger partial charge < -0.3 is 10.6 Å². The summed E-state index contributed by atoms with van der Waals surface area (Å²) in [5, 5.41) is 5.98. The first-order valence-electron chi connectivity index (χ1n) is 10.2. The Morgan fingerprint density at radius 3 is 2.84 bits per heavy atom. The summed E-state index contributed by atoms with van der Waals surface area (Å²) < 4.78 is 1.81. The summed E-state index contributed by atoms with van der Waals surface area (Å²) >= 11 is 0. The van der Waals surface area contributed by atoms with Crippen molar-refractivity contribution in [3.63, 3.8) is 0 Å². The molecule has 1 aliphatic carbocycles. The molecular formula is C24H21N5O2. The first-order valence-corrected chi connectivity index (χ1v) is 10.2. The van der Waals surface area contributed by atoms with Gasteiger partial charge in [-0.25, -0.2) is 4.98 Å². The van der Waals surface area contributed by atoms with Crippen molar-refractivity contribution in [2.45, 2.75) is 25.8 Å². The molecule has 1 aliphatic rings. The van der Waals surface area contributed by atoms with Crippen molar-refractivity contribution in [3.05, 3.63) is 95.2 Å². The van der Waals surface area contributed by atoms with Crippen molar-refractivity contribution in [3.8, 4) is 0 Å². The van der Waals surface area contributed by atoms with Gasteiger partial charge in [0.25, 0.3) is 11.8 Å². The topological polar surface area (TPSA) is 88.4 Å². The molecule has 7 nitrogen and oxygen atoms in total. The van der Waals surface area contributed by atoms with E-state index in [-0.39, 0.29) is 17.9 Å². The number of anilines is 1. The Morgan fingerprint density at radius 2 is 2.00 bits per heavy atom. The highest BCUT2D eigenvalue weighted by Crippen LogP contribution is 2.32. The number of nitrogens with one attached hydrogen (secondary N) is 2. The lowest BCUT2D eigenvalue weighted by Crippen LogP contribution is -2.28. The lowest BCUT2D eigenvalue weighted by Gasteiger charge is -2.14. The quantitative estimate of drug-likeness (QED) is 0.536. The fourth-order valence-corrected chi connectivity index (χ4v) is 4.04. The third kappa shape index (κ3) is 3.66. The van der Waals surface area contributed by atoms with Gasteiger partial charge in [-0.15, -0.1) is 0 Å². The molecule has 154 valence electrons. The van der Waals surface area contributed by atoms with Crippen LogP contribution < -0.4 is 10.6 Å². The van der Waals surface area contributed by atoms with Gasteiger partial charge in [0.2, 0.25) is 0 Å². The molecule has 2 N–H and O–H groups in total. The zero-order valence-corrected chi connectivity index (χ0v) is 17.0. The number of hydrogen-bond acceptors (Lipinski definition) is 4. The van der Waals surface area contributed by atoms with E-state index in [0.29, 0.717) is 16.9 Å². The zero-order valence-electron chi connectivity index (χ0n) is 17.0. The highest BCUT2D eigenvalue weighted by molar-refractivity contribution is 6.04. The number of aromatic nitrogens is 3. The number of benzene rings is 1. The number of nitrogens with zero attached hydrogens (tertiary/aromatic N) is 3. The molecule has 3 aromatic heterocycles. The zero-order chi connectivity index (χ0) is 21.4. The third-order valence-corrected chi connectivity index (χ3v) is 5.59. The van der Waals surface area contributed by atoms with Gasteiger partial charge in [0.05, 0.1) is 24.1 Å². The Morgan fingerprint density at radius 1 is 1.10 bits per heavy atom. The molecule has 0 bridgehead atoms. The molecule has 4 aromatic rings. The number of fused-ring (bicyclic) bond motifs is 2. The van der Waals surface area contributed by atoms with E-state index >= 15 is 0 Å². The van der Waals surface area contributed by atoms with E-state index in [2.05, 4.69) is 20.6 Å². The molecule has 2 amide bonds. The fraction of sp³-hybridized carbons (Fsp3) is 0.167. The van der Waals surface area contributed by atoms with E-state index in [0.717, 1.165) is 35.2 Å². The molecule has 0 aliphatic heterocycles. The number of rotatable bonds is 4. The predicted molar refractivity (Wildman–Crippen MR) is 117 cm³/mol. The van der Waals surface area contributed by atoms with Crippen molar-refractivity contribution in [2.75, 3.05) is 5.32 Å². The van der Waals surface area contributed by atoms with Crippen molar-refractivity contribution in [1.82, 2.24) is 19.7 Å². The minimum Gasteiger partial charge on any atom is -0.344 e. The van der Waals surface area contributed by atoms with Crippen LogP contribution in [0.4, 0.5) is 5.69 Å². The van der Waals surface area contributed by atoms with Gasteiger partial charge in [0, 0.05) is 18.0 Å². The molecule has 0 radical (unpaired) electrons. The molecule has 1 aromatic carbocycles. The van der Waals surface area contributed by atoms with Crippen LogP contribution in [0.25, 0.3) is 5.65 Å². The normalized spacial score (nSPS) is 14.9. The molecule has 0 fully saturated rings. The highest BCUT2D eigenvalue weighted by atomic mass is 16.2. The Labute approximate surface area is 179 Å². The van der Waals surface area contributed by atoms with Gasteiger partial charge in [-0.2, -0.15) is 0 Å². The van der Waals surface area contributed by atoms with E-state index in [1.54, 1.807) is 36.8 Å². The summed E-state index contributed by atoms with van der Waals surface area (Å²) in [7, 11) is 0. The molecule has 1 atom stereocenters. The third-order valence-electron chi connectivity index (χ3n) is 5.59. The van der Waals surface area contributed by atoms with E-state index < -0.39 is 0 Å². The molecule has 0 saturated heterocycles. The number of aryl methyl sites for hydroxylation is 2. The van der Waals surface area contributed by atoms with Crippen LogP contribution in [-0.4, -0.2) is 26.2 Å². The molecule has 31 heavy (non-hydrogen) atoms. The second-order valence-electron chi connectivity index (χ2n) is 7.75. The average molecular weight is 411 g/mol. The maximum atomic E-state index is 12.9. The average Bonchev–Trinajstić information content (AvgIpc) is 3.38. The first-order chi connectivity index (χ1) is 15.1. The van der Waals surface area contributed by atoms with Crippen LogP contribution in [0.5, 0.6) is 0 Å². The Balaban J connectivity index is 1.33. The number of amides is 2. The summed E-state index contributed by atoms with van der Waals surface area (Å²) in [6.07, 6.45) is 8.38. The molecule has 0 saturated carbocycles. The second-order valence-corrected chi connectivity index (χ2v) is 7.75. The lowest BCUT2D eigenvalue weighted by molar-refractivity contribution is 0.0930. The van der Waals surface area contributed by atoms with Gasteiger partial charge in [-0.05, 0) is 66.8 Å². The number of hydrogen-bond donors (Lipinski definition) is 2. The summed E-state index contributed by atoms with van der Waals surface area (Å²) in [4.78, 5) is 33.8. The van der Waals surface area contributed by atoms with Crippen molar-refractivity contribution >= 4 is 23.1 Å². The second kappa shape index (κ2) is 7.68. The van der Waals surface area contributed by atoms with E-state index in [1.807, 2.05) is 41.8 Å². The molecule has 5 rings (SSSR count). The van der Waals surface area contributed by atoms with Crippen LogP contribution >= 0.6 is 0 Å². The van der Waals surface area contributed by atoms with Gasteiger partial charge >= 0.3 is 0 Å². The molecule has 7 heteroatoms. The minimum atomic E-state index is -0.176. The summed E-state index contributed by atoms with van der Waals surface area (Å²) in [6.45, 7) is 1.98. The van der Waals surface area contributed by atoms with Crippen molar-refractivity contribution in [1.29, 1.82) is 0 Å². The molecule has 3 heterocycles. The summed E-state index contributed by atoms with van der Waals surface area (Å²) in [5.41, 5.74) is 5.69. The van der Waals surface area contributed by atoms with Crippen LogP contribution in [0.3, 0.4) is 0 Å². The first kappa shape index (κ1) is 19.0.